The van der Waals surface area contributed by atoms with Gasteiger partial charge in [0.05, 0.1) is 4.92 Å². The van der Waals surface area contributed by atoms with Crippen molar-refractivity contribution < 1.29 is 14.4 Å². The van der Waals surface area contributed by atoms with E-state index in [0.717, 1.165) is 0 Å². The van der Waals surface area contributed by atoms with Crippen LogP contribution in [0.15, 0.2) is 36.4 Å². The van der Waals surface area contributed by atoms with E-state index in [1.54, 1.807) is 25.1 Å². The number of rotatable bonds is 4. The number of para-hydroxylation sites is 1. The largest absolute Gasteiger partial charge is 0.505 e. The number of phenolic OH excluding ortho intramolecular Hbond substituents is 1. The van der Waals surface area contributed by atoms with Crippen LogP contribution in [-0.2, 0) is 6.54 Å². The number of nitrogens with zero attached hydrogens (tertiary/aromatic N) is 1. The monoisotopic (exact) mass is 276 g/mol. The van der Waals surface area contributed by atoms with Gasteiger partial charge in [0.15, 0.2) is 11.6 Å². The average Bonchev–Trinajstić information content (AvgIpc) is 2.40. The number of anilines is 1. The van der Waals surface area contributed by atoms with Gasteiger partial charge in [-0.25, -0.2) is 4.39 Å². The molecule has 0 amide bonds. The number of aryl methyl sites for hydroxylation is 1. The Kier molecular flexibility index (Phi) is 3.84. The lowest BCUT2D eigenvalue weighted by atomic mass is 10.1. The molecule has 0 fully saturated rings. The summed E-state index contributed by atoms with van der Waals surface area (Å²) in [6.45, 7) is 1.86. The van der Waals surface area contributed by atoms with Gasteiger partial charge in [-0.05, 0) is 25.1 Å². The number of nitro groups is 1. The van der Waals surface area contributed by atoms with E-state index in [4.69, 9.17) is 0 Å². The molecule has 0 radical (unpaired) electrons. The molecule has 104 valence electrons. The van der Waals surface area contributed by atoms with E-state index in [1.807, 2.05) is 0 Å². The number of halogens is 1. The van der Waals surface area contributed by atoms with Crippen molar-refractivity contribution in [1.82, 2.24) is 0 Å². The summed E-state index contributed by atoms with van der Waals surface area (Å²) in [4.78, 5) is 10.3. The predicted molar refractivity (Wildman–Crippen MR) is 73.2 cm³/mol. The van der Waals surface area contributed by atoms with E-state index in [-0.39, 0.29) is 12.2 Å². The van der Waals surface area contributed by atoms with E-state index in [1.165, 1.54) is 18.2 Å². The molecule has 5 nitrogen and oxygen atoms in total. The zero-order valence-corrected chi connectivity index (χ0v) is 10.8. The first-order valence-electron chi connectivity index (χ1n) is 5.94. The second-order valence-corrected chi connectivity index (χ2v) is 4.36. The van der Waals surface area contributed by atoms with Gasteiger partial charge in [0.25, 0.3) is 5.69 Å². The van der Waals surface area contributed by atoms with Gasteiger partial charge in [0.2, 0.25) is 0 Å². The molecular formula is C14H13FN2O3. The molecule has 2 N–H and O–H groups in total. The zero-order valence-electron chi connectivity index (χ0n) is 10.8. The predicted octanol–water partition coefficient (Wildman–Crippen LogP) is 3.36. The lowest BCUT2D eigenvalue weighted by molar-refractivity contribution is -0.385. The van der Waals surface area contributed by atoms with Crippen LogP contribution in [0.2, 0.25) is 0 Å². The Morgan fingerprint density at radius 2 is 2.10 bits per heavy atom. The molecule has 0 unspecified atom stereocenters. The molecule has 20 heavy (non-hydrogen) atoms. The fraction of sp³-hybridized carbons (Fsp3) is 0.143. The topological polar surface area (TPSA) is 75.4 Å². The quantitative estimate of drug-likeness (QED) is 0.663. The number of nitro benzene ring substituents is 1. The lowest BCUT2D eigenvalue weighted by Crippen LogP contribution is -2.01. The minimum atomic E-state index is -0.677. The SMILES string of the molecule is Cc1cc(NCc2cccc(F)c2O)ccc1[N+](=O)[O-]. The van der Waals surface area contributed by atoms with Crippen LogP contribution in [0.3, 0.4) is 0 Å². The third kappa shape index (κ3) is 2.85. The number of hydrogen-bond acceptors (Lipinski definition) is 4. The first-order chi connectivity index (χ1) is 9.49. The van der Waals surface area contributed by atoms with Crippen LogP contribution in [0.25, 0.3) is 0 Å². The van der Waals surface area contributed by atoms with Gasteiger partial charge in [0.1, 0.15) is 0 Å². The molecule has 0 aliphatic heterocycles. The first kappa shape index (κ1) is 13.8. The second-order valence-electron chi connectivity index (χ2n) is 4.36. The van der Waals surface area contributed by atoms with Gasteiger partial charge in [-0.2, -0.15) is 0 Å². The fourth-order valence-electron chi connectivity index (χ4n) is 1.87. The number of nitrogens with one attached hydrogen (secondary N) is 1. The summed E-state index contributed by atoms with van der Waals surface area (Å²) in [6, 6.07) is 8.89. The summed E-state index contributed by atoms with van der Waals surface area (Å²) in [7, 11) is 0. The minimum Gasteiger partial charge on any atom is -0.505 e. The molecule has 0 heterocycles. The van der Waals surface area contributed by atoms with Crippen molar-refractivity contribution in [3.8, 4) is 5.75 Å². The Labute approximate surface area is 114 Å². The molecule has 2 aromatic carbocycles. The van der Waals surface area contributed by atoms with Gasteiger partial charge >= 0.3 is 0 Å². The normalized spacial score (nSPS) is 10.3. The molecule has 0 atom stereocenters. The van der Waals surface area contributed by atoms with Crippen LogP contribution >= 0.6 is 0 Å². The molecule has 6 heteroatoms. The van der Waals surface area contributed by atoms with E-state index in [9.17, 15) is 19.6 Å². The summed E-state index contributed by atoms with van der Waals surface area (Å²) in [5.41, 5.74) is 1.66. The third-order valence-corrected chi connectivity index (χ3v) is 2.95. The maximum absolute atomic E-state index is 13.2. The molecule has 2 rings (SSSR count). The van der Waals surface area contributed by atoms with Crippen molar-refractivity contribution in [3.05, 3.63) is 63.5 Å². The summed E-state index contributed by atoms with van der Waals surface area (Å²) < 4.78 is 13.2. The van der Waals surface area contributed by atoms with Crippen molar-refractivity contribution in [1.29, 1.82) is 0 Å². The number of benzene rings is 2. The van der Waals surface area contributed by atoms with E-state index >= 15 is 0 Å². The lowest BCUT2D eigenvalue weighted by Gasteiger charge is -2.09. The van der Waals surface area contributed by atoms with Gasteiger partial charge in [-0.3, -0.25) is 10.1 Å². The summed E-state index contributed by atoms with van der Waals surface area (Å²) in [5, 5.41) is 23.2. The highest BCUT2D eigenvalue weighted by atomic mass is 19.1. The van der Waals surface area contributed by atoms with Gasteiger partial charge in [-0.15, -0.1) is 0 Å². The molecule has 0 bridgehead atoms. The van der Waals surface area contributed by atoms with Gasteiger partial charge in [0, 0.05) is 29.4 Å². The zero-order chi connectivity index (χ0) is 14.7. The molecule has 0 aromatic heterocycles. The van der Waals surface area contributed by atoms with Crippen molar-refractivity contribution in [2.24, 2.45) is 0 Å². The van der Waals surface area contributed by atoms with E-state index < -0.39 is 16.5 Å². The van der Waals surface area contributed by atoms with Crippen LogP contribution in [0.1, 0.15) is 11.1 Å². The molecule has 2 aromatic rings. The molecule has 0 aliphatic carbocycles. The standard InChI is InChI=1S/C14H13FN2O3/c1-9-7-11(5-6-13(9)17(19)20)16-8-10-3-2-4-12(15)14(10)18/h2-7,16,18H,8H2,1H3. The van der Waals surface area contributed by atoms with Crippen molar-refractivity contribution in [2.45, 2.75) is 13.5 Å². The van der Waals surface area contributed by atoms with Crippen molar-refractivity contribution in [3.63, 3.8) is 0 Å². The molecule has 0 saturated heterocycles. The van der Waals surface area contributed by atoms with Crippen LogP contribution in [0, 0.1) is 22.9 Å². The van der Waals surface area contributed by atoms with Gasteiger partial charge in [-0.1, -0.05) is 12.1 Å². The Morgan fingerprint density at radius 3 is 2.75 bits per heavy atom. The Morgan fingerprint density at radius 1 is 1.35 bits per heavy atom. The second kappa shape index (κ2) is 5.56. The number of hydrogen-bond donors (Lipinski definition) is 2. The molecular weight excluding hydrogens is 263 g/mol. The molecule has 0 spiro atoms. The summed E-state index contributed by atoms with van der Waals surface area (Å²) >= 11 is 0. The highest BCUT2D eigenvalue weighted by molar-refractivity contribution is 5.54. The Bertz CT molecular complexity index is 659. The molecule has 0 saturated carbocycles. The summed E-state index contributed by atoms with van der Waals surface area (Å²) in [5.74, 6) is -1.07. The Balaban J connectivity index is 2.13. The third-order valence-electron chi connectivity index (χ3n) is 2.95. The molecule has 0 aliphatic rings. The Hall–Kier alpha value is -2.63. The maximum Gasteiger partial charge on any atom is 0.272 e. The number of phenols is 1. The fourth-order valence-corrected chi connectivity index (χ4v) is 1.87. The van der Waals surface area contributed by atoms with E-state index in [0.29, 0.717) is 16.8 Å². The highest BCUT2D eigenvalue weighted by Crippen LogP contribution is 2.24. The van der Waals surface area contributed by atoms with Gasteiger partial charge < -0.3 is 10.4 Å². The summed E-state index contributed by atoms with van der Waals surface area (Å²) in [6.07, 6.45) is 0. The highest BCUT2D eigenvalue weighted by Gasteiger charge is 2.10. The maximum atomic E-state index is 13.2. The number of aromatic hydroxyl groups is 1. The van der Waals surface area contributed by atoms with Crippen molar-refractivity contribution >= 4 is 11.4 Å². The van der Waals surface area contributed by atoms with Crippen LogP contribution in [0.5, 0.6) is 5.75 Å². The van der Waals surface area contributed by atoms with Crippen molar-refractivity contribution in [2.75, 3.05) is 5.32 Å². The van der Waals surface area contributed by atoms with E-state index in [2.05, 4.69) is 5.32 Å². The smallest absolute Gasteiger partial charge is 0.272 e. The van der Waals surface area contributed by atoms with Crippen LogP contribution < -0.4 is 5.32 Å². The van der Waals surface area contributed by atoms with Crippen LogP contribution in [0.4, 0.5) is 15.8 Å². The minimum absolute atomic E-state index is 0.0455. The first-order valence-corrected chi connectivity index (χ1v) is 5.94. The average molecular weight is 276 g/mol. The van der Waals surface area contributed by atoms with Crippen LogP contribution in [-0.4, -0.2) is 10.0 Å².